The van der Waals surface area contributed by atoms with Crippen LogP contribution in [0.25, 0.3) is 0 Å². The molecule has 0 aliphatic carbocycles. The molecule has 5 nitrogen and oxygen atoms in total. The zero-order valence-corrected chi connectivity index (χ0v) is 10.6. The quantitative estimate of drug-likeness (QED) is 0.743. The summed E-state index contributed by atoms with van der Waals surface area (Å²) in [5, 5.41) is 2.73. The summed E-state index contributed by atoms with van der Waals surface area (Å²) in [6.07, 6.45) is 1.53. The molecule has 0 saturated heterocycles. The summed E-state index contributed by atoms with van der Waals surface area (Å²) in [7, 11) is 1.60. The minimum absolute atomic E-state index is 0.0244. The number of nitrogens with zero attached hydrogens (tertiary/aromatic N) is 1. The highest BCUT2D eigenvalue weighted by Gasteiger charge is 2.08. The van der Waals surface area contributed by atoms with E-state index in [1.807, 2.05) is 6.92 Å². The molecular weight excluding hydrogens is 230 g/mol. The number of pyridine rings is 1. The van der Waals surface area contributed by atoms with Crippen LogP contribution in [0, 0.1) is 11.8 Å². The summed E-state index contributed by atoms with van der Waals surface area (Å²) in [4.78, 5) is 15.7. The lowest BCUT2D eigenvalue weighted by molar-refractivity contribution is 0.0866. The number of carbonyl (C=O) groups excluding carboxylic acids is 1. The Morgan fingerprint density at radius 1 is 1.61 bits per heavy atom. The van der Waals surface area contributed by atoms with Gasteiger partial charge < -0.3 is 15.8 Å². The molecule has 0 aliphatic heterocycles. The molecule has 0 fully saturated rings. The third kappa shape index (κ3) is 4.53. The second kappa shape index (κ2) is 7.43. The fourth-order valence-electron chi connectivity index (χ4n) is 1.17. The number of rotatable bonds is 4. The summed E-state index contributed by atoms with van der Waals surface area (Å²) in [5.74, 6) is 5.34. The van der Waals surface area contributed by atoms with Crippen molar-refractivity contribution in [1.29, 1.82) is 0 Å². The Hall–Kier alpha value is -1.90. The summed E-state index contributed by atoms with van der Waals surface area (Å²) < 4.78 is 5.03. The van der Waals surface area contributed by atoms with Crippen LogP contribution in [-0.4, -0.2) is 37.2 Å². The molecule has 0 aliphatic rings. The minimum Gasteiger partial charge on any atom is -0.380 e. The molecule has 0 spiro atoms. The van der Waals surface area contributed by atoms with Crippen LogP contribution >= 0.6 is 0 Å². The van der Waals surface area contributed by atoms with Crippen LogP contribution in [0.3, 0.4) is 0 Å². The number of ether oxygens (including phenoxy) is 1. The van der Waals surface area contributed by atoms with Crippen LogP contribution in [0.2, 0.25) is 0 Å². The number of carbonyl (C=O) groups is 1. The molecule has 1 unspecified atom stereocenters. The standard InChI is InChI=1S/C13H17N3O2/c1-10(18-2)8-16-13(17)12-6-5-11(9-15-12)4-3-7-14/h5-6,9-10H,7-8,14H2,1-2H3,(H,16,17). The van der Waals surface area contributed by atoms with Crippen molar-refractivity contribution in [2.24, 2.45) is 5.73 Å². The highest BCUT2D eigenvalue weighted by Crippen LogP contribution is 1.99. The fraction of sp³-hybridized carbons (Fsp3) is 0.385. The van der Waals surface area contributed by atoms with E-state index in [1.54, 1.807) is 25.4 Å². The molecule has 1 amide bonds. The average molecular weight is 247 g/mol. The zero-order valence-electron chi connectivity index (χ0n) is 10.6. The molecular formula is C13H17N3O2. The van der Waals surface area contributed by atoms with Crippen molar-refractivity contribution in [3.63, 3.8) is 0 Å². The third-order valence-electron chi connectivity index (χ3n) is 2.28. The van der Waals surface area contributed by atoms with E-state index in [9.17, 15) is 4.79 Å². The first kappa shape index (κ1) is 14.2. The van der Waals surface area contributed by atoms with Gasteiger partial charge in [0.05, 0.1) is 12.6 Å². The molecule has 0 bridgehead atoms. The van der Waals surface area contributed by atoms with Gasteiger partial charge in [0.1, 0.15) is 5.69 Å². The monoisotopic (exact) mass is 247 g/mol. The number of nitrogens with one attached hydrogen (secondary N) is 1. The van der Waals surface area contributed by atoms with E-state index < -0.39 is 0 Å². The van der Waals surface area contributed by atoms with Gasteiger partial charge in [-0.2, -0.15) is 0 Å². The van der Waals surface area contributed by atoms with Crippen molar-refractivity contribution in [3.05, 3.63) is 29.6 Å². The number of amides is 1. The van der Waals surface area contributed by atoms with Crippen molar-refractivity contribution in [1.82, 2.24) is 10.3 Å². The van der Waals surface area contributed by atoms with Gasteiger partial charge in [0.15, 0.2) is 0 Å². The number of nitrogens with two attached hydrogens (primary N) is 1. The normalized spacial score (nSPS) is 11.3. The third-order valence-corrected chi connectivity index (χ3v) is 2.28. The second-order valence-corrected chi connectivity index (χ2v) is 3.69. The summed E-state index contributed by atoms with van der Waals surface area (Å²) in [6.45, 7) is 2.63. The number of methoxy groups -OCH3 is 1. The maximum atomic E-state index is 11.7. The number of hydrogen-bond donors (Lipinski definition) is 2. The Morgan fingerprint density at radius 3 is 2.94 bits per heavy atom. The van der Waals surface area contributed by atoms with Crippen molar-refractivity contribution in [2.75, 3.05) is 20.2 Å². The summed E-state index contributed by atoms with van der Waals surface area (Å²) in [5.41, 5.74) is 6.36. The van der Waals surface area contributed by atoms with Gasteiger partial charge in [-0.25, -0.2) is 4.98 Å². The smallest absolute Gasteiger partial charge is 0.269 e. The minimum atomic E-state index is -0.225. The average Bonchev–Trinajstić information content (AvgIpc) is 2.42. The van der Waals surface area contributed by atoms with E-state index in [-0.39, 0.29) is 12.0 Å². The predicted octanol–water partition coefficient (Wildman–Crippen LogP) is 0.157. The van der Waals surface area contributed by atoms with E-state index in [0.717, 1.165) is 5.56 Å². The molecule has 5 heteroatoms. The van der Waals surface area contributed by atoms with Gasteiger partial charge in [0.2, 0.25) is 0 Å². The highest BCUT2D eigenvalue weighted by atomic mass is 16.5. The second-order valence-electron chi connectivity index (χ2n) is 3.69. The molecule has 0 radical (unpaired) electrons. The van der Waals surface area contributed by atoms with E-state index in [2.05, 4.69) is 22.1 Å². The Morgan fingerprint density at radius 2 is 2.39 bits per heavy atom. The van der Waals surface area contributed by atoms with Crippen molar-refractivity contribution < 1.29 is 9.53 Å². The molecule has 1 aromatic rings. The van der Waals surface area contributed by atoms with Crippen molar-refractivity contribution >= 4 is 5.91 Å². The van der Waals surface area contributed by atoms with Gasteiger partial charge in [0, 0.05) is 25.4 Å². The lowest BCUT2D eigenvalue weighted by atomic mass is 10.2. The molecule has 1 aromatic heterocycles. The van der Waals surface area contributed by atoms with Gasteiger partial charge in [-0.15, -0.1) is 0 Å². The molecule has 96 valence electrons. The van der Waals surface area contributed by atoms with Crippen molar-refractivity contribution in [2.45, 2.75) is 13.0 Å². The van der Waals surface area contributed by atoms with E-state index in [1.165, 1.54) is 0 Å². The molecule has 3 N–H and O–H groups in total. The van der Waals surface area contributed by atoms with Crippen LogP contribution in [-0.2, 0) is 4.74 Å². The van der Waals surface area contributed by atoms with Gasteiger partial charge in [0.25, 0.3) is 5.91 Å². The van der Waals surface area contributed by atoms with Crippen LogP contribution in [0.15, 0.2) is 18.3 Å². The summed E-state index contributed by atoms with van der Waals surface area (Å²) >= 11 is 0. The Bertz CT molecular complexity index is 446. The lowest BCUT2D eigenvalue weighted by Gasteiger charge is -2.10. The maximum absolute atomic E-state index is 11.7. The highest BCUT2D eigenvalue weighted by molar-refractivity contribution is 5.92. The first-order valence-corrected chi connectivity index (χ1v) is 5.63. The largest absolute Gasteiger partial charge is 0.380 e. The van der Waals surface area contributed by atoms with Crippen LogP contribution in [0.1, 0.15) is 23.0 Å². The molecule has 18 heavy (non-hydrogen) atoms. The predicted molar refractivity (Wildman–Crippen MR) is 69.0 cm³/mol. The Kier molecular flexibility index (Phi) is 5.85. The van der Waals surface area contributed by atoms with Crippen LogP contribution in [0.5, 0.6) is 0 Å². The lowest BCUT2D eigenvalue weighted by Crippen LogP contribution is -2.32. The SMILES string of the molecule is COC(C)CNC(=O)c1ccc(C#CCN)cn1. The van der Waals surface area contributed by atoms with E-state index in [0.29, 0.717) is 18.8 Å². The molecule has 1 rings (SSSR count). The van der Waals surface area contributed by atoms with Crippen molar-refractivity contribution in [3.8, 4) is 11.8 Å². The molecule has 1 heterocycles. The van der Waals surface area contributed by atoms with Gasteiger partial charge in [-0.1, -0.05) is 11.8 Å². The molecule has 0 saturated carbocycles. The van der Waals surface area contributed by atoms with Gasteiger partial charge in [-0.05, 0) is 19.1 Å². The van der Waals surface area contributed by atoms with Crippen LogP contribution in [0.4, 0.5) is 0 Å². The van der Waals surface area contributed by atoms with Crippen LogP contribution < -0.4 is 11.1 Å². The zero-order chi connectivity index (χ0) is 13.4. The molecule has 0 aromatic carbocycles. The van der Waals surface area contributed by atoms with Gasteiger partial charge in [-0.3, -0.25) is 4.79 Å². The topological polar surface area (TPSA) is 77.2 Å². The van der Waals surface area contributed by atoms with E-state index >= 15 is 0 Å². The number of aromatic nitrogens is 1. The Balaban J connectivity index is 2.59. The Labute approximate surface area is 107 Å². The number of hydrogen-bond acceptors (Lipinski definition) is 4. The summed E-state index contributed by atoms with van der Waals surface area (Å²) in [6, 6.07) is 3.37. The molecule has 1 atom stereocenters. The van der Waals surface area contributed by atoms with E-state index in [4.69, 9.17) is 10.5 Å². The fourth-order valence-corrected chi connectivity index (χ4v) is 1.17. The van der Waals surface area contributed by atoms with Gasteiger partial charge >= 0.3 is 0 Å². The maximum Gasteiger partial charge on any atom is 0.269 e. The first-order valence-electron chi connectivity index (χ1n) is 5.63. The first-order chi connectivity index (χ1) is 8.67.